The molecule has 1 unspecified atom stereocenters. The van der Waals surface area contributed by atoms with E-state index in [4.69, 9.17) is 23.2 Å². The van der Waals surface area contributed by atoms with Crippen molar-refractivity contribution in [3.8, 4) is 0 Å². The topological polar surface area (TPSA) is 122 Å². The maximum absolute atomic E-state index is 12.4. The smallest absolute Gasteiger partial charge is 0.300 e. The molecule has 1 rings (SSSR count). The molecular formula is C15H21Cl2N5O5. The first-order chi connectivity index (χ1) is 12.6. The summed E-state index contributed by atoms with van der Waals surface area (Å²) in [4.78, 5) is 37.1. The molecular weight excluding hydrogens is 401 g/mol. The van der Waals surface area contributed by atoms with Gasteiger partial charge in [0.15, 0.2) is 5.69 Å². The van der Waals surface area contributed by atoms with Crippen LogP contribution in [0.3, 0.4) is 0 Å². The molecule has 1 aromatic rings. The van der Waals surface area contributed by atoms with Crippen LogP contribution in [0.15, 0.2) is 12.1 Å². The second-order valence-electron chi connectivity index (χ2n) is 5.86. The Morgan fingerprint density at radius 2 is 1.56 bits per heavy atom. The van der Waals surface area contributed by atoms with Crippen LogP contribution in [-0.2, 0) is 0 Å². The van der Waals surface area contributed by atoms with E-state index in [2.05, 4.69) is 5.32 Å². The Bertz CT molecular complexity index is 675. The summed E-state index contributed by atoms with van der Waals surface area (Å²) >= 11 is 11.4. The second-order valence-corrected chi connectivity index (χ2v) is 6.61. The zero-order chi connectivity index (χ0) is 20.7. The minimum absolute atomic E-state index is 0.0911. The average molecular weight is 422 g/mol. The molecule has 0 aliphatic rings. The third-order valence-corrected chi connectivity index (χ3v) is 4.20. The summed E-state index contributed by atoms with van der Waals surface area (Å²) in [6.45, 7) is 1.95. The fourth-order valence-electron chi connectivity index (χ4n) is 2.28. The van der Waals surface area contributed by atoms with Crippen LogP contribution < -0.4 is 10.2 Å². The average Bonchev–Trinajstić information content (AvgIpc) is 2.59. The fraction of sp³-hybridized carbons (Fsp3) is 0.533. The fourth-order valence-corrected chi connectivity index (χ4v) is 2.69. The number of anilines is 1. The van der Waals surface area contributed by atoms with Crippen LogP contribution in [0.1, 0.15) is 17.3 Å². The molecule has 12 heteroatoms. The lowest BCUT2D eigenvalue weighted by molar-refractivity contribution is -0.392. The highest BCUT2D eigenvalue weighted by Gasteiger charge is 2.32. The van der Waals surface area contributed by atoms with Gasteiger partial charge in [0.1, 0.15) is 0 Å². The van der Waals surface area contributed by atoms with Crippen LogP contribution >= 0.6 is 23.2 Å². The van der Waals surface area contributed by atoms with Crippen LogP contribution in [0, 0.1) is 20.2 Å². The number of hydrogen-bond donors (Lipinski definition) is 1. The van der Waals surface area contributed by atoms with E-state index in [9.17, 15) is 25.0 Å². The summed E-state index contributed by atoms with van der Waals surface area (Å²) in [7, 11) is 3.46. The van der Waals surface area contributed by atoms with Gasteiger partial charge in [0.2, 0.25) is 0 Å². The Balaban J connectivity index is 3.54. The Labute approximate surface area is 166 Å². The SMILES string of the molecule is CC(NC(=O)c1cc([N+](=O)[O-])c(N(CCCl)CCCl)c([N+](=O)[O-])c1)N(C)C. The molecule has 0 aromatic heterocycles. The van der Waals surface area contributed by atoms with Crippen molar-refractivity contribution in [2.75, 3.05) is 43.8 Å². The number of nitro groups is 2. The summed E-state index contributed by atoms with van der Waals surface area (Å²) in [6.07, 6.45) is -0.376. The van der Waals surface area contributed by atoms with Gasteiger partial charge in [0.05, 0.1) is 21.6 Å². The molecule has 0 saturated carbocycles. The van der Waals surface area contributed by atoms with E-state index in [-0.39, 0.29) is 42.3 Å². The molecule has 27 heavy (non-hydrogen) atoms. The van der Waals surface area contributed by atoms with E-state index in [1.807, 2.05) is 0 Å². The number of nitrogens with zero attached hydrogens (tertiary/aromatic N) is 4. The van der Waals surface area contributed by atoms with Crippen molar-refractivity contribution in [1.29, 1.82) is 0 Å². The van der Waals surface area contributed by atoms with Gasteiger partial charge in [-0.2, -0.15) is 0 Å². The van der Waals surface area contributed by atoms with Gasteiger partial charge in [0, 0.05) is 37.0 Å². The molecule has 0 aliphatic heterocycles. The molecule has 0 heterocycles. The lowest BCUT2D eigenvalue weighted by Crippen LogP contribution is -2.42. The number of carbonyl (C=O) groups is 1. The predicted molar refractivity (Wildman–Crippen MR) is 104 cm³/mol. The van der Waals surface area contributed by atoms with Gasteiger partial charge in [-0.1, -0.05) is 0 Å². The number of halogens is 2. The van der Waals surface area contributed by atoms with Gasteiger partial charge < -0.3 is 10.2 Å². The Morgan fingerprint density at radius 1 is 1.11 bits per heavy atom. The maximum atomic E-state index is 12.4. The van der Waals surface area contributed by atoms with Crippen molar-refractivity contribution in [2.24, 2.45) is 0 Å². The first-order valence-electron chi connectivity index (χ1n) is 7.95. The Kier molecular flexibility index (Phi) is 8.67. The normalized spacial score (nSPS) is 11.9. The first kappa shape index (κ1) is 22.9. The summed E-state index contributed by atoms with van der Waals surface area (Å²) in [5, 5.41) is 25.7. The van der Waals surface area contributed by atoms with Crippen molar-refractivity contribution in [2.45, 2.75) is 13.1 Å². The van der Waals surface area contributed by atoms with E-state index < -0.39 is 27.1 Å². The Morgan fingerprint density at radius 3 is 1.89 bits per heavy atom. The summed E-state index contributed by atoms with van der Waals surface area (Å²) in [6, 6.07) is 2.05. The maximum Gasteiger partial charge on any atom is 0.300 e. The van der Waals surface area contributed by atoms with Crippen molar-refractivity contribution in [3.63, 3.8) is 0 Å². The van der Waals surface area contributed by atoms with Gasteiger partial charge in [-0.25, -0.2) is 0 Å². The number of amides is 1. The molecule has 0 bridgehead atoms. The molecule has 1 N–H and O–H groups in total. The van der Waals surface area contributed by atoms with E-state index in [1.165, 1.54) is 4.90 Å². The number of hydrogen-bond acceptors (Lipinski definition) is 7. The zero-order valence-electron chi connectivity index (χ0n) is 15.1. The molecule has 0 saturated heterocycles. The van der Waals surface area contributed by atoms with E-state index in [1.54, 1.807) is 25.9 Å². The van der Waals surface area contributed by atoms with Crippen LogP contribution in [-0.4, -0.2) is 65.8 Å². The molecule has 0 spiro atoms. The minimum atomic E-state index is -0.760. The van der Waals surface area contributed by atoms with Gasteiger partial charge in [-0.05, 0) is 21.0 Å². The predicted octanol–water partition coefficient (Wildman–Crippen LogP) is 2.42. The number of alkyl halides is 2. The largest absolute Gasteiger partial charge is 0.358 e. The summed E-state index contributed by atoms with van der Waals surface area (Å²) in [5.74, 6) is -0.475. The molecule has 0 aliphatic carbocycles. The molecule has 0 radical (unpaired) electrons. The van der Waals surface area contributed by atoms with Crippen LogP contribution in [0.25, 0.3) is 0 Å². The monoisotopic (exact) mass is 421 g/mol. The van der Waals surface area contributed by atoms with Gasteiger partial charge in [0.25, 0.3) is 17.3 Å². The molecule has 1 aromatic carbocycles. The summed E-state index contributed by atoms with van der Waals surface area (Å²) in [5.41, 5.74) is -1.50. The van der Waals surface area contributed by atoms with E-state index in [0.717, 1.165) is 12.1 Å². The van der Waals surface area contributed by atoms with Crippen LogP contribution in [0.4, 0.5) is 17.1 Å². The third kappa shape index (κ3) is 5.91. The number of benzene rings is 1. The standard InChI is InChI=1S/C15H21Cl2N5O5/c1-10(19(2)3)18-15(23)11-8-12(21(24)25)14(13(9-11)22(26)27)20(6-4-16)7-5-17/h8-10H,4-7H2,1-3H3,(H,18,23). The van der Waals surface area contributed by atoms with Crippen molar-refractivity contribution in [1.82, 2.24) is 10.2 Å². The molecule has 1 amide bonds. The number of nitrogens with one attached hydrogen (secondary N) is 1. The number of carbonyl (C=O) groups excluding carboxylic acids is 1. The third-order valence-electron chi connectivity index (χ3n) is 3.86. The molecule has 10 nitrogen and oxygen atoms in total. The van der Waals surface area contributed by atoms with Crippen LogP contribution in [0.2, 0.25) is 0 Å². The highest BCUT2D eigenvalue weighted by atomic mass is 35.5. The lowest BCUT2D eigenvalue weighted by atomic mass is 10.1. The minimum Gasteiger partial charge on any atom is -0.358 e. The highest BCUT2D eigenvalue weighted by Crippen LogP contribution is 2.38. The number of nitro benzene ring substituents is 2. The number of rotatable bonds is 10. The van der Waals surface area contributed by atoms with Gasteiger partial charge in [-0.15, -0.1) is 23.2 Å². The first-order valence-corrected chi connectivity index (χ1v) is 9.01. The molecule has 1 atom stereocenters. The van der Waals surface area contributed by atoms with Gasteiger partial charge >= 0.3 is 0 Å². The zero-order valence-corrected chi connectivity index (χ0v) is 16.7. The van der Waals surface area contributed by atoms with Crippen molar-refractivity contribution < 1.29 is 14.6 Å². The van der Waals surface area contributed by atoms with E-state index in [0.29, 0.717) is 0 Å². The van der Waals surface area contributed by atoms with Crippen molar-refractivity contribution in [3.05, 3.63) is 37.9 Å². The van der Waals surface area contributed by atoms with Crippen molar-refractivity contribution >= 4 is 46.2 Å². The highest BCUT2D eigenvalue weighted by molar-refractivity contribution is 6.18. The Hall–Kier alpha value is -2.17. The summed E-state index contributed by atoms with van der Waals surface area (Å²) < 4.78 is 0. The second kappa shape index (κ2) is 10.2. The lowest BCUT2D eigenvalue weighted by Gasteiger charge is -2.23. The van der Waals surface area contributed by atoms with E-state index >= 15 is 0 Å². The van der Waals surface area contributed by atoms with Crippen LogP contribution in [0.5, 0.6) is 0 Å². The van der Waals surface area contributed by atoms with Gasteiger partial charge in [-0.3, -0.25) is 29.9 Å². The quantitative estimate of drug-likeness (QED) is 0.266. The molecule has 0 fully saturated rings. The molecule has 150 valence electrons.